The molecule has 2 fully saturated rings. The number of anilines is 1. The lowest BCUT2D eigenvalue weighted by Crippen LogP contribution is -2.73. The number of morpholine rings is 1. The van der Waals surface area contributed by atoms with Gasteiger partial charge in [0.15, 0.2) is 5.82 Å². The van der Waals surface area contributed by atoms with E-state index in [2.05, 4.69) is 35.6 Å². The van der Waals surface area contributed by atoms with Crippen molar-refractivity contribution in [2.24, 2.45) is 0 Å². The van der Waals surface area contributed by atoms with Gasteiger partial charge in [0, 0.05) is 43.0 Å². The first-order valence-corrected chi connectivity index (χ1v) is 12.1. The monoisotopic (exact) mass is 511 g/mol. The summed E-state index contributed by atoms with van der Waals surface area (Å²) in [5.74, 6) is 1.50. The number of hydrogen-bond acceptors (Lipinski definition) is 8. The molecule has 0 radical (unpaired) electrons. The van der Waals surface area contributed by atoms with Gasteiger partial charge in [0.05, 0.1) is 34.3 Å². The number of benzene rings is 1. The lowest BCUT2D eigenvalue weighted by atomic mass is 9.90. The molecule has 9 nitrogen and oxygen atoms in total. The fourth-order valence-corrected chi connectivity index (χ4v) is 5.38. The van der Waals surface area contributed by atoms with Gasteiger partial charge in [-0.1, -0.05) is 23.2 Å². The second-order valence-corrected chi connectivity index (χ2v) is 9.76. The van der Waals surface area contributed by atoms with Gasteiger partial charge >= 0.3 is 0 Å². The zero-order valence-electron chi connectivity index (χ0n) is 19.0. The van der Waals surface area contributed by atoms with Gasteiger partial charge < -0.3 is 19.7 Å². The highest BCUT2D eigenvalue weighted by molar-refractivity contribution is 6.35. The van der Waals surface area contributed by atoms with Crippen LogP contribution in [-0.2, 0) is 4.74 Å². The van der Waals surface area contributed by atoms with Crippen LogP contribution in [0, 0.1) is 0 Å². The minimum absolute atomic E-state index is 0.0370. The van der Waals surface area contributed by atoms with Gasteiger partial charge in [-0.2, -0.15) is 5.10 Å². The molecule has 5 heterocycles. The van der Waals surface area contributed by atoms with E-state index in [9.17, 15) is 0 Å². The van der Waals surface area contributed by atoms with Crippen molar-refractivity contribution in [3.05, 3.63) is 58.3 Å². The SMILES string of the molecule is C[C@@H](Oc1ccc2[nH]nc(-c3ccc(N4CC5(COCCN5)C4)nn3)c2c1)c1c(Cl)cncc1Cl. The number of aromatic amines is 1. The molecule has 180 valence electrons. The molecule has 35 heavy (non-hydrogen) atoms. The number of rotatable bonds is 5. The van der Waals surface area contributed by atoms with Crippen LogP contribution in [0.4, 0.5) is 5.82 Å². The average molecular weight is 512 g/mol. The van der Waals surface area contributed by atoms with Gasteiger partial charge in [0.25, 0.3) is 0 Å². The first-order chi connectivity index (χ1) is 17.0. The molecule has 1 atom stereocenters. The van der Waals surface area contributed by atoms with Crippen molar-refractivity contribution >= 4 is 39.9 Å². The number of fused-ring (bicyclic) bond motifs is 1. The molecule has 1 spiro atoms. The molecule has 2 N–H and O–H groups in total. The Labute approximate surface area is 211 Å². The topological polar surface area (TPSA) is 101 Å². The number of nitrogens with one attached hydrogen (secondary N) is 2. The summed E-state index contributed by atoms with van der Waals surface area (Å²) in [6.07, 6.45) is 2.75. The highest BCUT2D eigenvalue weighted by atomic mass is 35.5. The maximum absolute atomic E-state index is 6.30. The Morgan fingerprint density at radius 3 is 2.66 bits per heavy atom. The van der Waals surface area contributed by atoms with E-state index in [1.165, 1.54) is 0 Å². The number of ether oxygens (including phenoxy) is 2. The van der Waals surface area contributed by atoms with Crippen molar-refractivity contribution < 1.29 is 9.47 Å². The van der Waals surface area contributed by atoms with Crippen LogP contribution < -0.4 is 15.0 Å². The van der Waals surface area contributed by atoms with Crippen LogP contribution in [0.25, 0.3) is 22.3 Å². The third-order valence-corrected chi connectivity index (χ3v) is 7.08. The number of nitrogens with zero attached hydrogens (tertiary/aromatic N) is 5. The Kier molecular flexibility index (Phi) is 5.72. The van der Waals surface area contributed by atoms with Crippen molar-refractivity contribution in [3.8, 4) is 17.1 Å². The van der Waals surface area contributed by atoms with E-state index in [-0.39, 0.29) is 11.6 Å². The zero-order valence-corrected chi connectivity index (χ0v) is 20.5. The van der Waals surface area contributed by atoms with E-state index >= 15 is 0 Å². The maximum atomic E-state index is 6.30. The predicted octanol–water partition coefficient (Wildman–Crippen LogP) is 4.04. The van der Waals surface area contributed by atoms with Crippen molar-refractivity contribution in [2.45, 2.75) is 18.6 Å². The number of hydrogen-bond donors (Lipinski definition) is 2. The molecule has 0 aliphatic carbocycles. The first-order valence-electron chi connectivity index (χ1n) is 11.4. The summed E-state index contributed by atoms with van der Waals surface area (Å²) in [6.45, 7) is 6.00. The average Bonchev–Trinajstić information content (AvgIpc) is 3.26. The third kappa shape index (κ3) is 4.18. The van der Waals surface area contributed by atoms with E-state index in [4.69, 9.17) is 32.7 Å². The number of H-pyrrole nitrogens is 1. The molecule has 1 aromatic carbocycles. The first kappa shape index (κ1) is 22.5. The van der Waals surface area contributed by atoms with E-state index in [1.54, 1.807) is 12.4 Å². The lowest BCUT2D eigenvalue weighted by Gasteiger charge is -2.52. The van der Waals surface area contributed by atoms with E-state index in [0.717, 1.165) is 49.6 Å². The van der Waals surface area contributed by atoms with Gasteiger partial charge in [0.2, 0.25) is 0 Å². The highest BCUT2D eigenvalue weighted by Gasteiger charge is 2.45. The maximum Gasteiger partial charge on any atom is 0.151 e. The molecule has 2 aliphatic heterocycles. The highest BCUT2D eigenvalue weighted by Crippen LogP contribution is 2.35. The van der Waals surface area contributed by atoms with Crippen LogP contribution in [0.1, 0.15) is 18.6 Å². The third-order valence-electron chi connectivity index (χ3n) is 6.47. The summed E-state index contributed by atoms with van der Waals surface area (Å²) < 4.78 is 11.8. The van der Waals surface area contributed by atoms with Gasteiger partial charge in [0.1, 0.15) is 23.2 Å². The molecule has 2 saturated heterocycles. The van der Waals surface area contributed by atoms with Crippen molar-refractivity contribution in [1.29, 1.82) is 0 Å². The summed E-state index contributed by atoms with van der Waals surface area (Å²) in [5.41, 5.74) is 2.99. The van der Waals surface area contributed by atoms with E-state index in [1.807, 2.05) is 37.3 Å². The van der Waals surface area contributed by atoms with Crippen LogP contribution in [0.2, 0.25) is 10.0 Å². The molecule has 0 unspecified atom stereocenters. The van der Waals surface area contributed by atoms with Gasteiger partial charge in [-0.05, 0) is 37.3 Å². The molecule has 0 amide bonds. The molecule has 11 heteroatoms. The van der Waals surface area contributed by atoms with Gasteiger partial charge in [-0.3, -0.25) is 10.1 Å². The van der Waals surface area contributed by atoms with Gasteiger partial charge in [-0.15, -0.1) is 10.2 Å². The summed E-state index contributed by atoms with van der Waals surface area (Å²) in [7, 11) is 0. The molecule has 4 aromatic rings. The minimum Gasteiger partial charge on any atom is -0.486 e. The smallest absolute Gasteiger partial charge is 0.151 e. The Balaban J connectivity index is 1.21. The number of halogens is 2. The Hall–Kier alpha value is -2.98. The van der Waals surface area contributed by atoms with Gasteiger partial charge in [-0.25, -0.2) is 0 Å². The molecule has 3 aromatic heterocycles. The van der Waals surface area contributed by atoms with Crippen LogP contribution >= 0.6 is 23.2 Å². The quantitative estimate of drug-likeness (QED) is 0.413. The second-order valence-electron chi connectivity index (χ2n) is 8.95. The fraction of sp³-hybridized carbons (Fsp3) is 0.333. The Bertz CT molecular complexity index is 1340. The summed E-state index contributed by atoms with van der Waals surface area (Å²) in [4.78, 5) is 6.20. The fourth-order valence-electron chi connectivity index (χ4n) is 4.71. The van der Waals surface area contributed by atoms with Crippen molar-refractivity contribution in [2.75, 3.05) is 37.7 Å². The lowest BCUT2D eigenvalue weighted by molar-refractivity contribution is 0.0134. The van der Waals surface area contributed by atoms with Crippen LogP contribution in [0.3, 0.4) is 0 Å². The van der Waals surface area contributed by atoms with Crippen molar-refractivity contribution in [1.82, 2.24) is 30.7 Å². The molecular weight excluding hydrogens is 489 g/mol. The molecule has 6 rings (SSSR count). The zero-order chi connectivity index (χ0) is 24.0. The predicted molar refractivity (Wildman–Crippen MR) is 134 cm³/mol. The molecule has 0 bridgehead atoms. The van der Waals surface area contributed by atoms with E-state index in [0.29, 0.717) is 32.7 Å². The largest absolute Gasteiger partial charge is 0.486 e. The minimum atomic E-state index is -0.367. The Morgan fingerprint density at radius 1 is 1.11 bits per heavy atom. The molecule has 0 saturated carbocycles. The van der Waals surface area contributed by atoms with Crippen LogP contribution in [-0.4, -0.2) is 63.8 Å². The van der Waals surface area contributed by atoms with Crippen molar-refractivity contribution in [3.63, 3.8) is 0 Å². The van der Waals surface area contributed by atoms with Crippen LogP contribution in [0.15, 0.2) is 42.7 Å². The normalized spacial score (nSPS) is 18.0. The standard InChI is InChI=1S/C24H23Cl2N7O2/c1-14(22-17(25)9-27-10-18(22)26)35-15-2-3-19-16(8-15)23(32-29-19)20-4-5-21(31-30-20)33-11-24(12-33)13-34-7-6-28-24/h2-5,8-10,14,28H,6-7,11-13H2,1H3,(H,29,32)/t14-/m1/s1. The van der Waals surface area contributed by atoms with E-state index < -0.39 is 0 Å². The number of pyridine rings is 1. The number of aromatic nitrogens is 5. The van der Waals surface area contributed by atoms with Crippen LogP contribution in [0.5, 0.6) is 5.75 Å². The second kappa shape index (κ2) is 8.91. The Morgan fingerprint density at radius 2 is 1.94 bits per heavy atom. The summed E-state index contributed by atoms with van der Waals surface area (Å²) in [6, 6.07) is 9.65. The molecule has 2 aliphatic rings. The summed E-state index contributed by atoms with van der Waals surface area (Å²) in [5, 5.41) is 21.8. The summed E-state index contributed by atoms with van der Waals surface area (Å²) >= 11 is 12.6. The molecular formula is C24H23Cl2N7O2.